The number of nitrogens with zero attached hydrogens (tertiary/aromatic N) is 3. The normalized spacial score (nSPS) is 23.8. The Balaban J connectivity index is 0.788. The second kappa shape index (κ2) is 14.8. The van der Waals surface area contributed by atoms with Crippen LogP contribution in [0.15, 0.2) is 91.0 Å². The van der Waals surface area contributed by atoms with Crippen molar-refractivity contribution in [1.29, 1.82) is 0 Å². The topological polar surface area (TPSA) is 110 Å². The maximum atomic E-state index is 13.4. The van der Waals surface area contributed by atoms with Gasteiger partial charge in [0.1, 0.15) is 11.8 Å². The highest BCUT2D eigenvalue weighted by molar-refractivity contribution is 6.23. The first kappa shape index (κ1) is 35.4. The zero-order valence-electron chi connectivity index (χ0n) is 31.2. The Hall–Kier alpha value is -5.28. The molecule has 0 bridgehead atoms. The fraction of sp³-hybridized carbons (Fsp3) is 0.391. The molecule has 0 saturated carbocycles. The van der Waals surface area contributed by atoms with E-state index < -0.39 is 23.8 Å². The third-order valence-electron chi connectivity index (χ3n) is 13.1. The van der Waals surface area contributed by atoms with Crippen LogP contribution in [0, 0.1) is 5.92 Å². The van der Waals surface area contributed by atoms with Crippen LogP contribution in [0.4, 0.5) is 5.69 Å². The standard InChI is InChI=1S/C46H48N4O5/c51-36-12-15-38-34(26-36)9-13-37(31-4-2-1-3-5-31)43(38)32-6-10-35(11-7-32)49-24-18-29(19-25-49)28-48-22-20-30(21-23-48)33-8-14-39-40(27-33)46(55)50(45(39)54)41-16-17-42(52)47-44(41)53/h1-8,10-12,14-15,26-27,29-30,37,41,43,51H,9,13,16-25,28H2,(H,47,52,53)/t37-,41?,43+/m1/s1. The quantitative estimate of drug-likeness (QED) is 0.202. The van der Waals surface area contributed by atoms with Gasteiger partial charge in [0.05, 0.1) is 11.1 Å². The van der Waals surface area contributed by atoms with Crippen molar-refractivity contribution in [2.45, 2.75) is 75.2 Å². The molecule has 55 heavy (non-hydrogen) atoms. The van der Waals surface area contributed by atoms with Crippen molar-refractivity contribution in [3.63, 3.8) is 0 Å². The third kappa shape index (κ3) is 6.84. The largest absolute Gasteiger partial charge is 0.508 e. The number of phenolic OH excluding ortho intramolecular Hbond substituents is 1. The number of aromatic hydroxyl groups is 1. The number of hydrogen-bond acceptors (Lipinski definition) is 7. The van der Waals surface area contributed by atoms with Gasteiger partial charge in [-0.2, -0.15) is 0 Å². The molecule has 3 fully saturated rings. The molecule has 9 rings (SSSR count). The minimum Gasteiger partial charge on any atom is -0.508 e. The molecule has 0 aromatic heterocycles. The van der Waals surface area contributed by atoms with Gasteiger partial charge in [0.15, 0.2) is 0 Å². The Morgan fingerprint density at radius 2 is 1.38 bits per heavy atom. The summed E-state index contributed by atoms with van der Waals surface area (Å²) in [5.74, 6) is 0.115. The van der Waals surface area contributed by atoms with E-state index in [0.717, 1.165) is 68.9 Å². The summed E-state index contributed by atoms with van der Waals surface area (Å²) in [4.78, 5) is 56.8. The first-order valence-electron chi connectivity index (χ1n) is 20.1. The average molecular weight is 737 g/mol. The van der Waals surface area contributed by atoms with Gasteiger partial charge < -0.3 is 14.9 Å². The lowest BCUT2D eigenvalue weighted by atomic mass is 9.69. The van der Waals surface area contributed by atoms with Gasteiger partial charge in [-0.1, -0.05) is 54.6 Å². The van der Waals surface area contributed by atoms with E-state index in [0.29, 0.717) is 34.6 Å². The molecule has 4 aromatic carbocycles. The van der Waals surface area contributed by atoms with Gasteiger partial charge >= 0.3 is 0 Å². The van der Waals surface area contributed by atoms with Gasteiger partial charge in [0.25, 0.3) is 11.8 Å². The van der Waals surface area contributed by atoms with Gasteiger partial charge in [-0.3, -0.25) is 29.4 Å². The molecule has 3 atom stereocenters. The number of nitrogens with one attached hydrogen (secondary N) is 1. The SMILES string of the molecule is O=C1CCC(N2C(=O)c3ccc(C4CCN(CC5CCN(c6ccc([C@@H]7c8ccc(O)cc8CC[C@@H]7c7ccccc7)cc6)CC5)CC4)cc3C2=O)C(=O)N1. The number of anilines is 1. The van der Waals surface area contributed by atoms with Crippen LogP contribution >= 0.6 is 0 Å². The van der Waals surface area contributed by atoms with Crippen molar-refractivity contribution in [2.24, 2.45) is 5.92 Å². The van der Waals surface area contributed by atoms with Gasteiger partial charge in [-0.25, -0.2) is 0 Å². The molecule has 4 amide bonds. The van der Waals surface area contributed by atoms with Crippen LogP contribution in [0.3, 0.4) is 0 Å². The molecule has 0 radical (unpaired) electrons. The monoisotopic (exact) mass is 736 g/mol. The summed E-state index contributed by atoms with van der Waals surface area (Å²) in [6.45, 7) is 5.22. The maximum Gasteiger partial charge on any atom is 0.262 e. The van der Waals surface area contributed by atoms with Gasteiger partial charge in [0, 0.05) is 37.7 Å². The summed E-state index contributed by atoms with van der Waals surface area (Å²) >= 11 is 0. The number of phenols is 1. The number of fused-ring (bicyclic) bond motifs is 2. The molecular weight excluding hydrogens is 689 g/mol. The van der Waals surface area contributed by atoms with Crippen molar-refractivity contribution in [2.75, 3.05) is 37.6 Å². The zero-order valence-corrected chi connectivity index (χ0v) is 31.2. The molecule has 4 aliphatic heterocycles. The lowest BCUT2D eigenvalue weighted by Gasteiger charge is -2.39. The van der Waals surface area contributed by atoms with Crippen LogP contribution in [0.2, 0.25) is 0 Å². The number of benzene rings is 4. The number of carbonyl (C=O) groups is 4. The van der Waals surface area contributed by atoms with Gasteiger partial charge in [-0.05, 0) is 140 Å². The summed E-state index contributed by atoms with van der Waals surface area (Å²) in [6, 6.07) is 30.7. The molecule has 0 spiro atoms. The molecule has 282 valence electrons. The molecule has 5 aliphatic rings. The molecule has 1 unspecified atom stereocenters. The van der Waals surface area contributed by atoms with Crippen molar-refractivity contribution in [1.82, 2.24) is 15.1 Å². The Morgan fingerprint density at radius 1 is 0.655 bits per heavy atom. The highest BCUT2D eigenvalue weighted by Crippen LogP contribution is 2.47. The molecule has 2 N–H and O–H groups in total. The number of amides is 4. The molecule has 4 heterocycles. The summed E-state index contributed by atoms with van der Waals surface area (Å²) in [5, 5.41) is 12.5. The molecular formula is C46H48N4O5. The van der Waals surface area contributed by atoms with Crippen molar-refractivity contribution in [3.8, 4) is 5.75 Å². The lowest BCUT2D eigenvalue weighted by molar-refractivity contribution is -0.136. The average Bonchev–Trinajstić information content (AvgIpc) is 3.46. The smallest absolute Gasteiger partial charge is 0.262 e. The first-order chi connectivity index (χ1) is 26.8. The van der Waals surface area contributed by atoms with Crippen molar-refractivity contribution >= 4 is 29.3 Å². The highest BCUT2D eigenvalue weighted by atomic mass is 16.3. The second-order valence-corrected chi connectivity index (χ2v) is 16.3. The summed E-state index contributed by atoms with van der Waals surface area (Å²) in [7, 11) is 0. The molecule has 3 saturated heterocycles. The van der Waals surface area contributed by atoms with E-state index in [1.807, 2.05) is 24.3 Å². The zero-order chi connectivity index (χ0) is 37.6. The number of likely N-dealkylation sites (tertiary alicyclic amines) is 1. The number of piperidine rings is 3. The van der Waals surface area contributed by atoms with Crippen molar-refractivity contribution in [3.05, 3.63) is 130 Å². The fourth-order valence-corrected chi connectivity index (χ4v) is 10.1. The van der Waals surface area contributed by atoms with Crippen molar-refractivity contribution < 1.29 is 24.3 Å². The Labute approximate surface area is 322 Å². The van der Waals surface area contributed by atoms with E-state index in [2.05, 4.69) is 75.8 Å². The second-order valence-electron chi connectivity index (χ2n) is 16.3. The molecule has 1 aliphatic carbocycles. The van der Waals surface area contributed by atoms with Crippen LogP contribution in [0.5, 0.6) is 5.75 Å². The lowest BCUT2D eigenvalue weighted by Crippen LogP contribution is -2.54. The Bertz CT molecular complexity index is 2120. The number of rotatable bonds is 7. The summed E-state index contributed by atoms with van der Waals surface area (Å²) < 4.78 is 0. The first-order valence-corrected chi connectivity index (χ1v) is 20.1. The minimum absolute atomic E-state index is 0.113. The number of hydrogen-bond donors (Lipinski definition) is 2. The summed E-state index contributed by atoms with van der Waals surface area (Å²) in [5.41, 5.74) is 8.36. The highest BCUT2D eigenvalue weighted by Gasteiger charge is 2.45. The Morgan fingerprint density at radius 3 is 2.13 bits per heavy atom. The number of imide groups is 2. The van der Waals surface area contributed by atoms with E-state index >= 15 is 0 Å². The number of carbonyl (C=O) groups excluding carboxylic acids is 4. The van der Waals surface area contributed by atoms with E-state index in [1.54, 1.807) is 6.07 Å². The van der Waals surface area contributed by atoms with Crippen LogP contribution in [-0.2, 0) is 16.0 Å². The van der Waals surface area contributed by atoms with Crippen LogP contribution < -0.4 is 10.2 Å². The Kier molecular flexibility index (Phi) is 9.50. The van der Waals surface area contributed by atoms with E-state index in [-0.39, 0.29) is 24.7 Å². The van der Waals surface area contributed by atoms with Crippen LogP contribution in [0.25, 0.3) is 0 Å². The predicted molar refractivity (Wildman–Crippen MR) is 210 cm³/mol. The van der Waals surface area contributed by atoms with Crippen LogP contribution in [-0.4, -0.2) is 77.3 Å². The van der Waals surface area contributed by atoms with E-state index in [9.17, 15) is 24.3 Å². The van der Waals surface area contributed by atoms with E-state index in [1.165, 1.54) is 40.8 Å². The third-order valence-corrected chi connectivity index (χ3v) is 13.1. The van der Waals surface area contributed by atoms with Gasteiger partial charge in [0.2, 0.25) is 11.8 Å². The summed E-state index contributed by atoms with van der Waals surface area (Å²) in [6.07, 6.45) is 6.64. The number of aryl methyl sites for hydroxylation is 1. The fourth-order valence-electron chi connectivity index (χ4n) is 10.1. The maximum absolute atomic E-state index is 13.4. The van der Waals surface area contributed by atoms with E-state index in [4.69, 9.17) is 0 Å². The predicted octanol–water partition coefficient (Wildman–Crippen LogP) is 6.75. The minimum atomic E-state index is -0.944. The molecule has 9 nitrogen and oxygen atoms in total. The molecule has 9 heteroatoms. The van der Waals surface area contributed by atoms with Crippen LogP contribution in [0.1, 0.15) is 111 Å². The molecule has 4 aromatic rings. The van der Waals surface area contributed by atoms with Gasteiger partial charge in [-0.15, -0.1) is 0 Å².